The van der Waals surface area contributed by atoms with Crippen LogP contribution in [0.4, 0.5) is 0 Å². The maximum atomic E-state index is 13.7. The Hall–Kier alpha value is -3.02. The minimum Gasteiger partial charge on any atom is -0.463 e. The first kappa shape index (κ1) is 29.5. The summed E-state index contributed by atoms with van der Waals surface area (Å²) in [5.74, 6) is -3.07. The summed E-state index contributed by atoms with van der Waals surface area (Å²) in [6.45, 7) is 7.50. The second kappa shape index (κ2) is 11.0. The minimum atomic E-state index is -1.34. The lowest BCUT2D eigenvalue weighted by atomic mass is 9.51. The number of esters is 3. The SMILES string of the molecule is CC1=CC2O[C@@H]3C[C@H]4OC(=O)/C=C\C=C\C(=O)OCC[C@@H](C)[C@@H](NC(=O)[C@H](C)O)C(=O)OC[C@@]2(CC1)[C@]4(C)[C@]31CO1. The van der Waals surface area contributed by atoms with E-state index in [2.05, 4.69) is 11.4 Å². The predicted molar refractivity (Wildman–Crippen MR) is 143 cm³/mol. The smallest absolute Gasteiger partial charge is 0.331 e. The molecule has 0 aromatic rings. The molecule has 0 aromatic carbocycles. The topological polar surface area (TPSA) is 150 Å². The molecule has 0 aromatic heterocycles. The number of rotatable bonds is 2. The fourth-order valence-corrected chi connectivity index (χ4v) is 7.14. The Bertz CT molecular complexity index is 1190. The van der Waals surface area contributed by atoms with Gasteiger partial charge >= 0.3 is 17.9 Å². The summed E-state index contributed by atoms with van der Waals surface area (Å²) in [6.07, 6.45) is 6.75. The van der Waals surface area contributed by atoms with Gasteiger partial charge in [0.15, 0.2) is 0 Å². The number of epoxide rings is 1. The maximum Gasteiger partial charge on any atom is 0.331 e. The maximum absolute atomic E-state index is 13.7. The third-order valence-electron chi connectivity index (χ3n) is 9.84. The van der Waals surface area contributed by atoms with Crippen molar-refractivity contribution in [3.8, 4) is 0 Å². The van der Waals surface area contributed by atoms with Gasteiger partial charge in [-0.15, -0.1) is 0 Å². The third-order valence-corrected chi connectivity index (χ3v) is 9.84. The number of allylic oxidation sites excluding steroid dienone is 3. The highest BCUT2D eigenvalue weighted by atomic mass is 16.6. The second-order valence-electron chi connectivity index (χ2n) is 12.2. The van der Waals surface area contributed by atoms with E-state index in [0.29, 0.717) is 19.4 Å². The summed E-state index contributed by atoms with van der Waals surface area (Å²) < 4.78 is 30.0. The first-order valence-electron chi connectivity index (χ1n) is 14.3. The van der Waals surface area contributed by atoms with E-state index in [1.165, 1.54) is 31.2 Å². The number of nitrogens with one attached hydrogen (secondary N) is 1. The van der Waals surface area contributed by atoms with Gasteiger partial charge in [0.2, 0.25) is 5.91 Å². The monoisotopic (exact) mass is 573 g/mol. The molecule has 224 valence electrons. The van der Waals surface area contributed by atoms with Crippen LogP contribution in [0.5, 0.6) is 0 Å². The van der Waals surface area contributed by atoms with Crippen LogP contribution >= 0.6 is 0 Å². The molecule has 3 aliphatic heterocycles. The van der Waals surface area contributed by atoms with E-state index in [-0.39, 0.29) is 25.7 Å². The molecule has 0 radical (unpaired) electrons. The molecule has 1 amide bonds. The molecule has 1 unspecified atom stereocenters. The molecule has 11 heteroatoms. The highest BCUT2D eigenvalue weighted by Gasteiger charge is 2.83. The summed E-state index contributed by atoms with van der Waals surface area (Å²) >= 11 is 0. The van der Waals surface area contributed by atoms with Crippen molar-refractivity contribution in [1.29, 1.82) is 0 Å². The average Bonchev–Trinajstić information content (AvgIpc) is 3.70. The van der Waals surface area contributed by atoms with Crippen LogP contribution in [0.1, 0.15) is 53.4 Å². The van der Waals surface area contributed by atoms with Gasteiger partial charge in [-0.2, -0.15) is 0 Å². The zero-order chi connectivity index (χ0) is 29.6. The minimum absolute atomic E-state index is 0.0185. The van der Waals surface area contributed by atoms with E-state index < -0.39 is 70.5 Å². The largest absolute Gasteiger partial charge is 0.463 e. The quantitative estimate of drug-likeness (QED) is 0.216. The lowest BCUT2D eigenvalue weighted by Crippen LogP contribution is -2.67. The van der Waals surface area contributed by atoms with E-state index in [1.807, 2.05) is 13.8 Å². The van der Waals surface area contributed by atoms with Crippen molar-refractivity contribution in [2.75, 3.05) is 19.8 Å². The Morgan fingerprint density at radius 2 is 1.80 bits per heavy atom. The van der Waals surface area contributed by atoms with Crippen molar-refractivity contribution in [3.63, 3.8) is 0 Å². The Kier molecular flexibility index (Phi) is 7.90. The lowest BCUT2D eigenvalue weighted by Gasteiger charge is -2.58. The van der Waals surface area contributed by atoms with Crippen LogP contribution in [-0.2, 0) is 42.9 Å². The summed E-state index contributed by atoms with van der Waals surface area (Å²) in [6, 6.07) is -1.10. The second-order valence-corrected chi connectivity index (χ2v) is 12.2. The molecule has 11 nitrogen and oxygen atoms in total. The summed E-state index contributed by atoms with van der Waals surface area (Å²) in [7, 11) is 0. The molecule has 3 heterocycles. The van der Waals surface area contributed by atoms with Gasteiger partial charge < -0.3 is 34.1 Å². The molecular formula is C30H39NO10. The number of cyclic esters (lactones) is 2. The number of carbonyl (C=O) groups is 4. The molecule has 41 heavy (non-hydrogen) atoms. The van der Waals surface area contributed by atoms with Crippen LogP contribution in [0.3, 0.4) is 0 Å². The normalized spacial score (nSPS) is 43.2. The van der Waals surface area contributed by atoms with Crippen molar-refractivity contribution in [3.05, 3.63) is 36.0 Å². The number of carbonyl (C=O) groups excluding carboxylic acids is 4. The van der Waals surface area contributed by atoms with E-state index in [1.54, 1.807) is 6.92 Å². The summed E-state index contributed by atoms with van der Waals surface area (Å²) in [5, 5.41) is 12.4. The number of hydrogen-bond donors (Lipinski definition) is 2. The van der Waals surface area contributed by atoms with Crippen LogP contribution in [0.15, 0.2) is 36.0 Å². The van der Waals surface area contributed by atoms with Gasteiger partial charge in [-0.05, 0) is 39.0 Å². The molecule has 3 fully saturated rings. The molecule has 9 atom stereocenters. The molecule has 2 spiro atoms. The van der Waals surface area contributed by atoms with E-state index in [4.69, 9.17) is 23.7 Å². The Balaban J connectivity index is 1.53. The van der Waals surface area contributed by atoms with Gasteiger partial charge in [0, 0.05) is 24.0 Å². The average molecular weight is 574 g/mol. The first-order chi connectivity index (χ1) is 19.4. The van der Waals surface area contributed by atoms with Gasteiger partial charge in [0.05, 0.1) is 30.8 Å². The summed E-state index contributed by atoms with van der Waals surface area (Å²) in [5.41, 5.74) is -1.04. The molecule has 2 saturated heterocycles. The Morgan fingerprint density at radius 1 is 1.10 bits per heavy atom. The van der Waals surface area contributed by atoms with Crippen molar-refractivity contribution in [2.45, 2.75) is 89.4 Å². The van der Waals surface area contributed by atoms with Crippen molar-refractivity contribution < 1.29 is 48.0 Å². The van der Waals surface area contributed by atoms with Crippen LogP contribution < -0.4 is 5.32 Å². The summed E-state index contributed by atoms with van der Waals surface area (Å²) in [4.78, 5) is 51.1. The number of aliphatic hydroxyl groups is 1. The predicted octanol–water partition coefficient (Wildman–Crippen LogP) is 1.68. The van der Waals surface area contributed by atoms with Gasteiger partial charge in [0.25, 0.3) is 0 Å². The van der Waals surface area contributed by atoms with Gasteiger partial charge in [-0.1, -0.05) is 37.6 Å². The highest BCUT2D eigenvalue weighted by Crippen LogP contribution is 2.72. The Morgan fingerprint density at radius 3 is 2.49 bits per heavy atom. The number of ether oxygens (including phenoxy) is 5. The number of amides is 1. The number of aliphatic hydroxyl groups excluding tert-OH is 1. The third kappa shape index (κ3) is 5.02. The fraction of sp³-hybridized carbons (Fsp3) is 0.667. The fourth-order valence-electron chi connectivity index (χ4n) is 7.14. The molecule has 5 aliphatic rings. The van der Waals surface area contributed by atoms with Crippen LogP contribution in [0.25, 0.3) is 0 Å². The van der Waals surface area contributed by atoms with E-state index >= 15 is 0 Å². The van der Waals surface area contributed by atoms with Crippen molar-refractivity contribution in [1.82, 2.24) is 5.32 Å². The van der Waals surface area contributed by atoms with Crippen LogP contribution in [0, 0.1) is 16.7 Å². The molecule has 5 rings (SSSR count). The lowest BCUT2D eigenvalue weighted by molar-refractivity contribution is -0.233. The number of hydrogen-bond acceptors (Lipinski definition) is 10. The standard InChI is InChI=1S/C30H39NO10/c1-17-9-11-29-15-38-27(36)25(31-26(35)19(3)32)18(2)10-12-37-23(33)7-5-6-8-24(34)41-20-14-22(40-21(29)13-17)30(16-39-30)28(20,29)4/h5-8,13,18-22,25,32H,9-12,14-16H2,1-4H3,(H,31,35)/b7-5+,8-6-/t18-,19+,20-,21?,22-,25-,28-,29-,30+/m1/s1. The van der Waals surface area contributed by atoms with Crippen molar-refractivity contribution in [2.24, 2.45) is 16.7 Å². The zero-order valence-corrected chi connectivity index (χ0v) is 23.9. The zero-order valence-electron chi connectivity index (χ0n) is 23.9. The van der Waals surface area contributed by atoms with Gasteiger partial charge in [-0.25, -0.2) is 14.4 Å². The highest BCUT2D eigenvalue weighted by molar-refractivity contribution is 5.87. The van der Waals surface area contributed by atoms with E-state index in [0.717, 1.165) is 12.0 Å². The molecule has 2 aliphatic carbocycles. The van der Waals surface area contributed by atoms with Gasteiger partial charge in [-0.3, -0.25) is 4.79 Å². The first-order valence-corrected chi connectivity index (χ1v) is 14.3. The molecular weight excluding hydrogens is 534 g/mol. The van der Waals surface area contributed by atoms with Crippen molar-refractivity contribution >= 4 is 23.8 Å². The molecule has 2 bridgehead atoms. The Labute approximate surface area is 239 Å². The van der Waals surface area contributed by atoms with E-state index in [9.17, 15) is 24.3 Å². The van der Waals surface area contributed by atoms with Crippen LogP contribution in [-0.4, -0.2) is 84.8 Å². The van der Waals surface area contributed by atoms with Crippen LogP contribution in [0.2, 0.25) is 0 Å². The molecule has 1 saturated carbocycles. The van der Waals surface area contributed by atoms with Gasteiger partial charge in [0.1, 0.15) is 30.5 Å². The molecule has 2 N–H and O–H groups in total.